The normalized spacial score (nSPS) is 11.6. The number of aromatic nitrogens is 1. The molecule has 7 heteroatoms. The van der Waals surface area contributed by atoms with E-state index in [-0.39, 0.29) is 16.5 Å². The third kappa shape index (κ3) is 2.66. The van der Waals surface area contributed by atoms with Crippen LogP contribution in [0.15, 0.2) is 41.4 Å². The van der Waals surface area contributed by atoms with Crippen LogP contribution < -0.4 is 4.31 Å². The van der Waals surface area contributed by atoms with Gasteiger partial charge in [0.1, 0.15) is 10.7 Å². The summed E-state index contributed by atoms with van der Waals surface area (Å²) < 4.78 is 40.8. The van der Waals surface area contributed by atoms with E-state index in [1.165, 1.54) is 43.6 Å². The number of benzene rings is 1. The van der Waals surface area contributed by atoms with Crippen LogP contribution in [0.25, 0.3) is 0 Å². The molecule has 20 heavy (non-hydrogen) atoms. The molecule has 0 bridgehead atoms. The SMILES string of the molecule is CN(c1cccc(F)c1)S(=O)(=O)c1cc(CCl)n(C)c1. The van der Waals surface area contributed by atoms with Crippen LogP contribution in [0.1, 0.15) is 5.69 Å². The first kappa shape index (κ1) is 14.9. The molecule has 0 atom stereocenters. The molecule has 4 nitrogen and oxygen atoms in total. The van der Waals surface area contributed by atoms with Crippen molar-refractivity contribution in [3.05, 3.63) is 48.0 Å². The Morgan fingerprint density at radius 2 is 2.05 bits per heavy atom. The molecule has 0 aliphatic rings. The first-order chi connectivity index (χ1) is 9.36. The van der Waals surface area contributed by atoms with Gasteiger partial charge in [-0.15, -0.1) is 11.6 Å². The summed E-state index contributed by atoms with van der Waals surface area (Å²) >= 11 is 5.73. The molecule has 0 saturated heterocycles. The van der Waals surface area contributed by atoms with Crippen LogP contribution in [0.2, 0.25) is 0 Å². The smallest absolute Gasteiger partial charge is 0.265 e. The van der Waals surface area contributed by atoms with E-state index >= 15 is 0 Å². The van der Waals surface area contributed by atoms with Crippen molar-refractivity contribution in [1.29, 1.82) is 0 Å². The van der Waals surface area contributed by atoms with Gasteiger partial charge in [-0.1, -0.05) is 6.07 Å². The van der Waals surface area contributed by atoms with Gasteiger partial charge in [-0.05, 0) is 24.3 Å². The fraction of sp³-hybridized carbons (Fsp3) is 0.231. The third-order valence-corrected chi connectivity index (χ3v) is 5.07. The van der Waals surface area contributed by atoms with E-state index in [4.69, 9.17) is 11.6 Å². The molecule has 0 radical (unpaired) electrons. The quantitative estimate of drug-likeness (QED) is 0.814. The second-order valence-electron chi connectivity index (χ2n) is 4.36. The van der Waals surface area contributed by atoms with Gasteiger partial charge in [0, 0.05) is 26.0 Å². The van der Waals surface area contributed by atoms with Crippen molar-refractivity contribution < 1.29 is 12.8 Å². The van der Waals surface area contributed by atoms with E-state index in [0.717, 1.165) is 4.31 Å². The van der Waals surface area contributed by atoms with Gasteiger partial charge in [0.2, 0.25) is 0 Å². The molecule has 2 aromatic rings. The molecule has 0 aliphatic carbocycles. The highest BCUT2D eigenvalue weighted by Gasteiger charge is 2.23. The zero-order chi connectivity index (χ0) is 14.9. The Morgan fingerprint density at radius 3 is 2.60 bits per heavy atom. The summed E-state index contributed by atoms with van der Waals surface area (Å²) in [7, 11) is -0.626. The van der Waals surface area contributed by atoms with Crippen molar-refractivity contribution >= 4 is 27.3 Å². The van der Waals surface area contributed by atoms with Gasteiger partial charge in [-0.2, -0.15) is 0 Å². The Balaban J connectivity index is 2.43. The lowest BCUT2D eigenvalue weighted by Gasteiger charge is -2.18. The van der Waals surface area contributed by atoms with Crippen LogP contribution in [0, 0.1) is 5.82 Å². The number of aryl methyl sites for hydroxylation is 1. The van der Waals surface area contributed by atoms with Crippen LogP contribution in [0.5, 0.6) is 0 Å². The van der Waals surface area contributed by atoms with Crippen LogP contribution in [0.3, 0.4) is 0 Å². The Hall–Kier alpha value is -1.53. The Labute approximate surface area is 122 Å². The molecule has 0 amide bonds. The first-order valence-corrected chi connectivity index (χ1v) is 7.79. The van der Waals surface area contributed by atoms with Crippen LogP contribution in [-0.4, -0.2) is 20.0 Å². The van der Waals surface area contributed by atoms with Gasteiger partial charge >= 0.3 is 0 Å². The summed E-state index contributed by atoms with van der Waals surface area (Å²) in [5, 5.41) is 0. The highest BCUT2D eigenvalue weighted by Crippen LogP contribution is 2.24. The van der Waals surface area contributed by atoms with Gasteiger partial charge in [0.05, 0.1) is 11.6 Å². The second-order valence-corrected chi connectivity index (χ2v) is 6.60. The molecular weight excluding hydrogens is 303 g/mol. The number of rotatable bonds is 4. The number of alkyl halides is 1. The van der Waals surface area contributed by atoms with Crippen molar-refractivity contribution in [2.75, 3.05) is 11.4 Å². The molecule has 1 aromatic heterocycles. The monoisotopic (exact) mass is 316 g/mol. The predicted octanol–water partition coefficient (Wildman–Crippen LogP) is 2.73. The third-order valence-electron chi connectivity index (χ3n) is 3.05. The summed E-state index contributed by atoms with van der Waals surface area (Å²) in [6.07, 6.45) is 1.49. The summed E-state index contributed by atoms with van der Waals surface area (Å²) in [5.74, 6) is -0.269. The maximum Gasteiger partial charge on any atom is 0.265 e. The fourth-order valence-corrected chi connectivity index (χ4v) is 3.37. The molecule has 108 valence electrons. The minimum Gasteiger partial charge on any atom is -0.352 e. The summed E-state index contributed by atoms with van der Waals surface area (Å²) in [4.78, 5) is 0.127. The van der Waals surface area contributed by atoms with E-state index in [0.29, 0.717) is 5.69 Å². The van der Waals surface area contributed by atoms with Crippen molar-refractivity contribution in [1.82, 2.24) is 4.57 Å². The van der Waals surface area contributed by atoms with Gasteiger partial charge in [-0.25, -0.2) is 12.8 Å². The summed E-state index contributed by atoms with van der Waals surface area (Å²) in [6.45, 7) is 0. The highest BCUT2D eigenvalue weighted by atomic mass is 35.5. The van der Waals surface area contributed by atoms with Crippen LogP contribution >= 0.6 is 11.6 Å². The Bertz CT molecular complexity index is 728. The molecular formula is C13H14ClFN2O2S. The maximum absolute atomic E-state index is 13.2. The minimum atomic E-state index is -3.73. The lowest BCUT2D eigenvalue weighted by molar-refractivity contribution is 0.594. The number of halogens is 2. The minimum absolute atomic E-state index is 0.127. The second kappa shape index (κ2) is 5.46. The van der Waals surface area contributed by atoms with E-state index in [9.17, 15) is 12.8 Å². The fourth-order valence-electron chi connectivity index (χ4n) is 1.82. The topological polar surface area (TPSA) is 42.3 Å². The Kier molecular flexibility index (Phi) is 4.06. The number of sulfonamides is 1. The van der Waals surface area contributed by atoms with Gasteiger partial charge in [0.25, 0.3) is 10.0 Å². The number of hydrogen-bond donors (Lipinski definition) is 0. The molecule has 0 N–H and O–H groups in total. The largest absolute Gasteiger partial charge is 0.352 e. The van der Waals surface area contributed by atoms with Crippen LogP contribution in [-0.2, 0) is 23.0 Å². The zero-order valence-electron chi connectivity index (χ0n) is 11.0. The molecule has 0 aliphatic heterocycles. The molecule has 0 spiro atoms. The lowest BCUT2D eigenvalue weighted by atomic mass is 10.3. The van der Waals surface area contributed by atoms with Gasteiger partial charge in [0.15, 0.2) is 0 Å². The van der Waals surface area contributed by atoms with E-state index < -0.39 is 15.8 Å². The number of anilines is 1. The van der Waals surface area contributed by atoms with Crippen molar-refractivity contribution in [2.24, 2.45) is 7.05 Å². The lowest BCUT2D eigenvalue weighted by Crippen LogP contribution is -2.26. The van der Waals surface area contributed by atoms with Crippen molar-refractivity contribution in [3.8, 4) is 0 Å². The average Bonchev–Trinajstić information content (AvgIpc) is 2.79. The number of hydrogen-bond acceptors (Lipinski definition) is 2. The van der Waals surface area contributed by atoms with Gasteiger partial charge in [-0.3, -0.25) is 4.31 Å². The Morgan fingerprint density at radius 1 is 1.35 bits per heavy atom. The summed E-state index contributed by atoms with van der Waals surface area (Å²) in [6, 6.07) is 6.94. The molecule has 0 fully saturated rings. The van der Waals surface area contributed by atoms with E-state index in [2.05, 4.69) is 0 Å². The van der Waals surface area contributed by atoms with Crippen molar-refractivity contribution in [3.63, 3.8) is 0 Å². The van der Waals surface area contributed by atoms with Crippen LogP contribution in [0.4, 0.5) is 10.1 Å². The first-order valence-electron chi connectivity index (χ1n) is 5.82. The molecule has 0 unspecified atom stereocenters. The van der Waals surface area contributed by atoms with Gasteiger partial charge < -0.3 is 4.57 Å². The average molecular weight is 317 g/mol. The predicted molar refractivity (Wildman–Crippen MR) is 77.0 cm³/mol. The standard InChI is InChI=1S/C13H14ClFN2O2S/c1-16-9-13(7-12(16)8-14)20(18,19)17(2)11-5-3-4-10(15)6-11/h3-7,9H,8H2,1-2H3. The van der Waals surface area contributed by atoms with Crippen molar-refractivity contribution in [2.45, 2.75) is 10.8 Å². The zero-order valence-corrected chi connectivity index (χ0v) is 12.6. The molecule has 2 rings (SSSR count). The maximum atomic E-state index is 13.2. The molecule has 1 aromatic carbocycles. The number of nitrogens with zero attached hydrogens (tertiary/aromatic N) is 2. The molecule has 1 heterocycles. The van der Waals surface area contributed by atoms with E-state index in [1.807, 2.05) is 0 Å². The molecule has 0 saturated carbocycles. The van der Waals surface area contributed by atoms with E-state index in [1.54, 1.807) is 11.6 Å². The summed E-state index contributed by atoms with van der Waals surface area (Å²) in [5.41, 5.74) is 0.958. The highest BCUT2D eigenvalue weighted by molar-refractivity contribution is 7.92.